The van der Waals surface area contributed by atoms with E-state index >= 15 is 0 Å². The van der Waals surface area contributed by atoms with Crippen molar-refractivity contribution in [2.24, 2.45) is 0 Å². The molecule has 0 atom stereocenters. The third kappa shape index (κ3) is 2.79. The van der Waals surface area contributed by atoms with Crippen LogP contribution in [-0.4, -0.2) is 40.1 Å². The van der Waals surface area contributed by atoms with Gasteiger partial charge in [-0.15, -0.1) is 0 Å². The van der Waals surface area contributed by atoms with Crippen LogP contribution in [0.15, 0.2) is 48.5 Å². The van der Waals surface area contributed by atoms with Gasteiger partial charge in [0.25, 0.3) is 5.91 Å². The molecule has 0 saturated heterocycles. The van der Waals surface area contributed by atoms with Crippen LogP contribution < -0.4 is 4.74 Å². The number of hydrogen-bond donors (Lipinski definition) is 1. The summed E-state index contributed by atoms with van der Waals surface area (Å²) < 4.78 is 5.17. The van der Waals surface area contributed by atoms with Gasteiger partial charge in [0.15, 0.2) is 0 Å². The number of carboxylic acids is 1. The SMILES string of the molecule is CN(C(=O)c1ccccc1)N1Cc2ccc(C(=O)O)cc2OC1=O. The molecule has 2 aromatic carbocycles. The number of fused-ring (bicyclic) bond motifs is 1. The second kappa shape index (κ2) is 6.04. The van der Waals surface area contributed by atoms with Crippen LogP contribution in [0.1, 0.15) is 26.3 Å². The summed E-state index contributed by atoms with van der Waals surface area (Å²) in [5.41, 5.74) is 1.09. The molecule has 1 aliphatic rings. The van der Waals surface area contributed by atoms with Gasteiger partial charge in [-0.05, 0) is 24.3 Å². The number of hydrogen-bond acceptors (Lipinski definition) is 4. The van der Waals surface area contributed by atoms with E-state index in [2.05, 4.69) is 0 Å². The minimum atomic E-state index is -1.10. The van der Waals surface area contributed by atoms with E-state index in [1.54, 1.807) is 36.4 Å². The summed E-state index contributed by atoms with van der Waals surface area (Å²) in [5.74, 6) is -1.26. The van der Waals surface area contributed by atoms with Crippen LogP contribution in [-0.2, 0) is 6.54 Å². The third-order valence-electron chi connectivity index (χ3n) is 3.72. The topological polar surface area (TPSA) is 87.2 Å². The van der Waals surface area contributed by atoms with E-state index in [0.717, 1.165) is 5.01 Å². The van der Waals surface area contributed by atoms with Crippen molar-refractivity contribution >= 4 is 18.0 Å². The van der Waals surface area contributed by atoms with Crippen LogP contribution in [0.25, 0.3) is 0 Å². The fourth-order valence-electron chi connectivity index (χ4n) is 2.39. The van der Waals surface area contributed by atoms with Gasteiger partial charge in [0.1, 0.15) is 5.75 Å². The number of hydrazine groups is 1. The fraction of sp³-hybridized carbons (Fsp3) is 0.118. The molecule has 0 spiro atoms. The number of benzene rings is 2. The van der Waals surface area contributed by atoms with Gasteiger partial charge in [-0.2, -0.15) is 0 Å². The van der Waals surface area contributed by atoms with Crippen LogP contribution >= 0.6 is 0 Å². The summed E-state index contributed by atoms with van der Waals surface area (Å²) in [5, 5.41) is 11.3. The molecular formula is C17H14N2O5. The van der Waals surface area contributed by atoms with Crippen molar-refractivity contribution in [2.45, 2.75) is 6.54 Å². The second-order valence-electron chi connectivity index (χ2n) is 5.25. The van der Waals surface area contributed by atoms with Gasteiger partial charge >= 0.3 is 12.1 Å². The normalized spacial score (nSPS) is 13.0. The van der Waals surface area contributed by atoms with Crippen LogP contribution in [0.5, 0.6) is 5.75 Å². The molecule has 122 valence electrons. The lowest BCUT2D eigenvalue weighted by Gasteiger charge is -2.34. The van der Waals surface area contributed by atoms with E-state index < -0.39 is 12.1 Å². The Morgan fingerprint density at radius 1 is 1.12 bits per heavy atom. The van der Waals surface area contributed by atoms with Gasteiger partial charge in [0, 0.05) is 18.2 Å². The number of carbonyl (C=O) groups is 3. The highest BCUT2D eigenvalue weighted by atomic mass is 16.6. The quantitative estimate of drug-likeness (QED) is 0.936. The van der Waals surface area contributed by atoms with Crippen molar-refractivity contribution < 1.29 is 24.2 Å². The van der Waals surface area contributed by atoms with Crippen LogP contribution in [0.2, 0.25) is 0 Å². The largest absolute Gasteiger partial charge is 0.478 e. The number of ether oxygens (including phenoxy) is 1. The Hall–Kier alpha value is -3.35. The number of nitrogens with zero attached hydrogens (tertiary/aromatic N) is 2. The number of carboxylic acid groups (broad SMARTS) is 1. The minimum absolute atomic E-state index is 0.0312. The number of amides is 2. The maximum atomic E-state index is 12.4. The summed E-state index contributed by atoms with van der Waals surface area (Å²) in [6.45, 7) is 0.114. The molecule has 1 aliphatic heterocycles. The van der Waals surface area contributed by atoms with Gasteiger partial charge in [-0.1, -0.05) is 24.3 Å². The molecular weight excluding hydrogens is 312 g/mol. The Morgan fingerprint density at radius 2 is 1.83 bits per heavy atom. The standard InChI is InChI=1S/C17H14N2O5/c1-18(15(20)11-5-3-2-4-6-11)19-10-13-8-7-12(16(21)22)9-14(13)24-17(19)23/h2-9H,10H2,1H3,(H,21,22). The highest BCUT2D eigenvalue weighted by molar-refractivity contribution is 5.95. The van der Waals surface area contributed by atoms with E-state index in [0.29, 0.717) is 11.1 Å². The Bertz CT molecular complexity index is 819. The monoisotopic (exact) mass is 326 g/mol. The van der Waals surface area contributed by atoms with Crippen LogP contribution in [0, 0.1) is 0 Å². The Labute approximate surface area is 137 Å². The molecule has 0 aromatic heterocycles. The lowest BCUT2D eigenvalue weighted by atomic mass is 10.1. The minimum Gasteiger partial charge on any atom is -0.478 e. The summed E-state index contributed by atoms with van der Waals surface area (Å²) >= 11 is 0. The average Bonchev–Trinajstić information content (AvgIpc) is 2.60. The fourth-order valence-corrected chi connectivity index (χ4v) is 2.39. The zero-order valence-electron chi connectivity index (χ0n) is 12.8. The Balaban J connectivity index is 1.84. The third-order valence-corrected chi connectivity index (χ3v) is 3.72. The van der Waals surface area contributed by atoms with E-state index in [9.17, 15) is 14.4 Å². The molecule has 3 rings (SSSR count). The maximum absolute atomic E-state index is 12.4. The van der Waals surface area contributed by atoms with Crippen molar-refractivity contribution in [3.63, 3.8) is 0 Å². The molecule has 1 N–H and O–H groups in total. The molecule has 24 heavy (non-hydrogen) atoms. The van der Waals surface area contributed by atoms with E-state index in [1.807, 2.05) is 0 Å². The molecule has 2 amide bonds. The van der Waals surface area contributed by atoms with Crippen LogP contribution in [0.3, 0.4) is 0 Å². The lowest BCUT2D eigenvalue weighted by molar-refractivity contribution is 0.00468. The highest BCUT2D eigenvalue weighted by Crippen LogP contribution is 2.28. The van der Waals surface area contributed by atoms with E-state index in [1.165, 1.54) is 24.2 Å². The van der Waals surface area contributed by atoms with E-state index in [4.69, 9.17) is 9.84 Å². The first-order chi connectivity index (χ1) is 11.5. The first-order valence-electron chi connectivity index (χ1n) is 7.16. The molecule has 0 aliphatic carbocycles. The summed E-state index contributed by atoms with van der Waals surface area (Å²) in [6.07, 6.45) is -0.739. The molecule has 0 fully saturated rings. The Morgan fingerprint density at radius 3 is 2.50 bits per heavy atom. The molecule has 2 aromatic rings. The van der Waals surface area contributed by atoms with Gasteiger partial charge in [0.2, 0.25) is 0 Å². The predicted octanol–water partition coefficient (Wildman–Crippen LogP) is 2.39. The molecule has 0 unspecified atom stereocenters. The van der Waals surface area contributed by atoms with Gasteiger partial charge in [-0.3, -0.25) is 4.79 Å². The first-order valence-corrected chi connectivity index (χ1v) is 7.16. The molecule has 7 nitrogen and oxygen atoms in total. The van der Waals surface area contributed by atoms with Gasteiger partial charge < -0.3 is 9.84 Å². The highest BCUT2D eigenvalue weighted by Gasteiger charge is 2.31. The number of rotatable bonds is 3. The van der Waals surface area contributed by atoms with Crippen molar-refractivity contribution in [2.75, 3.05) is 7.05 Å². The summed E-state index contributed by atoms with van der Waals surface area (Å²) in [6, 6.07) is 12.9. The zero-order chi connectivity index (χ0) is 17.3. The van der Waals surface area contributed by atoms with Gasteiger partial charge in [-0.25, -0.2) is 19.6 Å². The number of aromatic carboxylic acids is 1. The summed E-state index contributed by atoms with van der Waals surface area (Å²) in [4.78, 5) is 35.6. The number of carbonyl (C=O) groups excluding carboxylic acids is 2. The van der Waals surface area contributed by atoms with Crippen molar-refractivity contribution in [1.29, 1.82) is 0 Å². The van der Waals surface area contributed by atoms with E-state index in [-0.39, 0.29) is 23.8 Å². The predicted molar refractivity (Wildman–Crippen MR) is 83.5 cm³/mol. The zero-order valence-corrected chi connectivity index (χ0v) is 12.8. The molecule has 7 heteroatoms. The maximum Gasteiger partial charge on any atom is 0.434 e. The molecule has 1 heterocycles. The first kappa shape index (κ1) is 15.5. The van der Waals surface area contributed by atoms with Crippen molar-refractivity contribution in [3.05, 3.63) is 65.2 Å². The van der Waals surface area contributed by atoms with Gasteiger partial charge in [0.05, 0.1) is 12.1 Å². The Kier molecular flexibility index (Phi) is 3.91. The van der Waals surface area contributed by atoms with Crippen molar-refractivity contribution in [1.82, 2.24) is 10.0 Å². The molecule has 0 bridgehead atoms. The second-order valence-corrected chi connectivity index (χ2v) is 5.25. The summed E-state index contributed by atoms with van der Waals surface area (Å²) in [7, 11) is 1.48. The van der Waals surface area contributed by atoms with Crippen molar-refractivity contribution in [3.8, 4) is 5.75 Å². The average molecular weight is 326 g/mol. The molecule has 0 saturated carbocycles. The molecule has 0 radical (unpaired) electrons. The smallest absolute Gasteiger partial charge is 0.434 e. The van der Waals surface area contributed by atoms with Crippen LogP contribution in [0.4, 0.5) is 4.79 Å². The lowest BCUT2D eigenvalue weighted by Crippen LogP contribution is -2.50.